The number of carbonyl (C=O) groups excluding carboxylic acids is 2. The van der Waals surface area contributed by atoms with Crippen LogP contribution in [0.1, 0.15) is 16.7 Å². The van der Waals surface area contributed by atoms with Gasteiger partial charge >= 0.3 is 5.97 Å². The lowest BCUT2D eigenvalue weighted by Crippen LogP contribution is -2.28. The van der Waals surface area contributed by atoms with Crippen LogP contribution in [-0.4, -0.2) is 39.8 Å². The maximum absolute atomic E-state index is 12.0. The Morgan fingerprint density at radius 3 is 2.11 bits per heavy atom. The highest BCUT2D eigenvalue weighted by Gasteiger charge is 2.14. The quantitative estimate of drug-likeness (QED) is 0.666. The summed E-state index contributed by atoms with van der Waals surface area (Å²) in [6.07, 6.45) is 0.122. The second-order valence-corrected chi connectivity index (χ2v) is 6.12. The Bertz CT molecular complexity index is 816. The van der Waals surface area contributed by atoms with Crippen LogP contribution in [0.5, 0.6) is 17.2 Å². The molecule has 2 aromatic carbocycles. The van der Waals surface area contributed by atoms with E-state index in [1.165, 1.54) is 21.3 Å². The second kappa shape index (κ2) is 10.2. The predicted octanol–water partition coefficient (Wildman–Crippen LogP) is 2.42. The number of amides is 1. The van der Waals surface area contributed by atoms with Crippen LogP contribution in [0.3, 0.4) is 0 Å². The van der Waals surface area contributed by atoms with Crippen molar-refractivity contribution in [1.82, 2.24) is 5.32 Å². The highest BCUT2D eigenvalue weighted by atomic mass is 16.5. The molecule has 0 aliphatic carbocycles. The molecule has 0 unspecified atom stereocenters. The van der Waals surface area contributed by atoms with Crippen molar-refractivity contribution in [1.29, 1.82) is 0 Å². The van der Waals surface area contributed by atoms with Crippen LogP contribution in [0.25, 0.3) is 0 Å². The van der Waals surface area contributed by atoms with Gasteiger partial charge in [-0.05, 0) is 18.6 Å². The fourth-order valence-electron chi connectivity index (χ4n) is 2.55. The fourth-order valence-corrected chi connectivity index (χ4v) is 2.55. The van der Waals surface area contributed by atoms with Gasteiger partial charge in [-0.1, -0.05) is 29.8 Å². The van der Waals surface area contributed by atoms with Crippen LogP contribution in [0, 0.1) is 6.92 Å². The zero-order valence-corrected chi connectivity index (χ0v) is 16.5. The summed E-state index contributed by atoms with van der Waals surface area (Å²) < 4.78 is 20.9. The van der Waals surface area contributed by atoms with E-state index < -0.39 is 11.9 Å². The van der Waals surface area contributed by atoms with Gasteiger partial charge in [0.25, 0.3) is 5.91 Å². The fraction of sp³-hybridized carbons (Fsp3) is 0.333. The zero-order valence-electron chi connectivity index (χ0n) is 16.5. The number of nitrogens with one attached hydrogen (secondary N) is 1. The van der Waals surface area contributed by atoms with Crippen LogP contribution in [0.15, 0.2) is 36.4 Å². The van der Waals surface area contributed by atoms with Gasteiger partial charge in [0.05, 0.1) is 27.8 Å². The molecule has 7 heteroatoms. The van der Waals surface area contributed by atoms with E-state index in [9.17, 15) is 9.59 Å². The molecule has 2 rings (SSSR count). The molecule has 0 saturated carbocycles. The molecule has 0 radical (unpaired) electrons. The van der Waals surface area contributed by atoms with E-state index in [1.807, 2.05) is 31.2 Å². The Kier molecular flexibility index (Phi) is 7.68. The molecule has 1 N–H and O–H groups in total. The average molecular weight is 387 g/mol. The largest absolute Gasteiger partial charge is 0.496 e. The van der Waals surface area contributed by atoms with E-state index in [0.717, 1.165) is 11.1 Å². The summed E-state index contributed by atoms with van der Waals surface area (Å²) in [5.41, 5.74) is 2.66. The lowest BCUT2D eigenvalue weighted by atomic mass is 10.1. The molecular weight excluding hydrogens is 362 g/mol. The van der Waals surface area contributed by atoms with Gasteiger partial charge in [-0.3, -0.25) is 9.59 Å². The second-order valence-electron chi connectivity index (χ2n) is 6.12. The highest BCUT2D eigenvalue weighted by molar-refractivity contribution is 5.81. The van der Waals surface area contributed by atoms with E-state index in [1.54, 1.807) is 12.1 Å². The van der Waals surface area contributed by atoms with Crippen molar-refractivity contribution < 1.29 is 28.5 Å². The van der Waals surface area contributed by atoms with E-state index in [0.29, 0.717) is 22.8 Å². The minimum absolute atomic E-state index is 0.122. The molecule has 0 bridgehead atoms. The molecular formula is C21H25NO6. The van der Waals surface area contributed by atoms with Crippen molar-refractivity contribution in [3.05, 3.63) is 53.1 Å². The molecule has 28 heavy (non-hydrogen) atoms. The number of hydrogen-bond acceptors (Lipinski definition) is 6. The molecule has 7 nitrogen and oxygen atoms in total. The molecule has 0 aliphatic rings. The Hall–Kier alpha value is -3.22. The van der Waals surface area contributed by atoms with Crippen LogP contribution >= 0.6 is 0 Å². The number of rotatable bonds is 9. The lowest BCUT2D eigenvalue weighted by molar-refractivity contribution is -0.147. The molecule has 0 saturated heterocycles. The van der Waals surface area contributed by atoms with Gasteiger partial charge in [-0.2, -0.15) is 0 Å². The van der Waals surface area contributed by atoms with Gasteiger partial charge in [0, 0.05) is 18.2 Å². The molecule has 0 aliphatic heterocycles. The zero-order chi connectivity index (χ0) is 20.5. The van der Waals surface area contributed by atoms with Crippen molar-refractivity contribution >= 4 is 11.9 Å². The standard InChI is InChI=1S/C21H25NO6/c1-14-5-7-15(8-6-14)9-21(24)28-13-20(23)22-12-16-10-18(26-3)19(27-4)11-17(16)25-2/h5-8,10-11H,9,12-13H2,1-4H3,(H,22,23). The van der Waals surface area contributed by atoms with Gasteiger partial charge in [-0.15, -0.1) is 0 Å². The first-order valence-electron chi connectivity index (χ1n) is 8.73. The number of esters is 1. The number of aryl methyl sites for hydroxylation is 1. The highest BCUT2D eigenvalue weighted by Crippen LogP contribution is 2.34. The van der Waals surface area contributed by atoms with E-state index in [-0.39, 0.29) is 19.6 Å². The van der Waals surface area contributed by atoms with Gasteiger partial charge in [0.1, 0.15) is 5.75 Å². The third-order valence-corrected chi connectivity index (χ3v) is 4.10. The summed E-state index contributed by atoms with van der Waals surface area (Å²) in [5.74, 6) is 0.739. The monoisotopic (exact) mass is 387 g/mol. The van der Waals surface area contributed by atoms with Gasteiger partial charge < -0.3 is 24.3 Å². The topological polar surface area (TPSA) is 83.1 Å². The normalized spacial score (nSPS) is 10.1. The van der Waals surface area contributed by atoms with Crippen LogP contribution < -0.4 is 19.5 Å². The maximum Gasteiger partial charge on any atom is 0.310 e. The first-order valence-corrected chi connectivity index (χ1v) is 8.73. The first-order chi connectivity index (χ1) is 13.5. The van der Waals surface area contributed by atoms with E-state index in [4.69, 9.17) is 18.9 Å². The minimum atomic E-state index is -0.456. The van der Waals surface area contributed by atoms with Crippen molar-refractivity contribution in [2.75, 3.05) is 27.9 Å². The molecule has 0 fully saturated rings. The Morgan fingerprint density at radius 2 is 1.50 bits per heavy atom. The van der Waals surface area contributed by atoms with Crippen molar-refractivity contribution in [3.63, 3.8) is 0 Å². The molecule has 0 atom stereocenters. The first kappa shape index (κ1) is 21.1. The van der Waals surface area contributed by atoms with E-state index >= 15 is 0 Å². The molecule has 2 aromatic rings. The molecule has 0 heterocycles. The number of ether oxygens (including phenoxy) is 4. The van der Waals surface area contributed by atoms with Crippen LogP contribution in [-0.2, 0) is 27.3 Å². The molecule has 1 amide bonds. The lowest BCUT2D eigenvalue weighted by Gasteiger charge is -2.14. The summed E-state index contributed by atoms with van der Waals surface area (Å²) in [4.78, 5) is 23.9. The molecule has 0 aromatic heterocycles. The summed E-state index contributed by atoms with van der Waals surface area (Å²) in [7, 11) is 4.59. The summed E-state index contributed by atoms with van der Waals surface area (Å²) in [5, 5.41) is 2.70. The van der Waals surface area contributed by atoms with Crippen LogP contribution in [0.4, 0.5) is 0 Å². The van der Waals surface area contributed by atoms with Crippen molar-refractivity contribution in [3.8, 4) is 17.2 Å². The average Bonchev–Trinajstić information content (AvgIpc) is 2.71. The number of benzene rings is 2. The third kappa shape index (κ3) is 5.90. The third-order valence-electron chi connectivity index (χ3n) is 4.10. The molecule has 150 valence electrons. The van der Waals surface area contributed by atoms with Crippen molar-refractivity contribution in [2.24, 2.45) is 0 Å². The SMILES string of the molecule is COc1cc(OC)c(OC)cc1CNC(=O)COC(=O)Cc1ccc(C)cc1. The van der Waals surface area contributed by atoms with Crippen molar-refractivity contribution in [2.45, 2.75) is 19.9 Å². The van der Waals surface area contributed by atoms with Gasteiger partial charge in [-0.25, -0.2) is 0 Å². The maximum atomic E-state index is 12.0. The van der Waals surface area contributed by atoms with Gasteiger partial charge in [0.2, 0.25) is 0 Å². The minimum Gasteiger partial charge on any atom is -0.496 e. The summed E-state index contributed by atoms with van der Waals surface area (Å²) >= 11 is 0. The Balaban J connectivity index is 1.86. The summed E-state index contributed by atoms with van der Waals surface area (Å²) in [6, 6.07) is 11.0. The van der Waals surface area contributed by atoms with Gasteiger partial charge in [0.15, 0.2) is 18.1 Å². The number of methoxy groups -OCH3 is 3. The van der Waals surface area contributed by atoms with Crippen LogP contribution in [0.2, 0.25) is 0 Å². The summed E-state index contributed by atoms with van der Waals surface area (Å²) in [6.45, 7) is 1.82. The smallest absolute Gasteiger partial charge is 0.310 e. The predicted molar refractivity (Wildman–Crippen MR) is 104 cm³/mol. The van der Waals surface area contributed by atoms with E-state index in [2.05, 4.69) is 5.32 Å². The number of hydrogen-bond donors (Lipinski definition) is 1. The Labute approximate surface area is 164 Å². The number of carbonyl (C=O) groups is 2. The molecule has 0 spiro atoms. The Morgan fingerprint density at radius 1 is 0.893 bits per heavy atom.